The SMILES string of the molecule is CC(C)(C)C1CCC(C(CO)Nc2ccc(F)cc2)CC1. The summed E-state index contributed by atoms with van der Waals surface area (Å²) in [6.45, 7) is 7.08. The molecular weight excluding hydrogens is 265 g/mol. The molecule has 1 saturated carbocycles. The lowest BCUT2D eigenvalue weighted by molar-refractivity contribution is 0.127. The summed E-state index contributed by atoms with van der Waals surface area (Å²) in [6, 6.07) is 6.44. The average Bonchev–Trinajstić information content (AvgIpc) is 2.46. The highest BCUT2D eigenvalue weighted by Gasteiger charge is 2.32. The first kappa shape index (κ1) is 16.3. The second-order valence-electron chi connectivity index (χ2n) is 7.42. The Morgan fingerprint density at radius 1 is 1.14 bits per heavy atom. The molecule has 1 aliphatic carbocycles. The van der Waals surface area contributed by atoms with Crippen LogP contribution in [0.15, 0.2) is 24.3 Å². The highest BCUT2D eigenvalue weighted by molar-refractivity contribution is 5.44. The van der Waals surface area contributed by atoms with Crippen LogP contribution in [-0.4, -0.2) is 17.8 Å². The fourth-order valence-corrected chi connectivity index (χ4v) is 3.46. The molecule has 118 valence electrons. The number of aliphatic hydroxyl groups excluding tert-OH is 1. The van der Waals surface area contributed by atoms with Crippen molar-refractivity contribution in [2.45, 2.75) is 52.5 Å². The summed E-state index contributed by atoms with van der Waals surface area (Å²) in [4.78, 5) is 0. The number of hydrogen-bond donors (Lipinski definition) is 2. The number of rotatable bonds is 4. The molecule has 2 nitrogen and oxygen atoms in total. The summed E-state index contributed by atoms with van der Waals surface area (Å²) < 4.78 is 12.9. The van der Waals surface area contributed by atoms with Crippen molar-refractivity contribution in [1.82, 2.24) is 0 Å². The molecule has 0 heterocycles. The molecule has 0 radical (unpaired) electrons. The third-order valence-corrected chi connectivity index (χ3v) is 4.96. The molecule has 0 amide bonds. The smallest absolute Gasteiger partial charge is 0.123 e. The van der Waals surface area contributed by atoms with Gasteiger partial charge in [-0.05, 0) is 67.2 Å². The van der Waals surface area contributed by atoms with Crippen LogP contribution in [0.5, 0.6) is 0 Å². The fraction of sp³-hybridized carbons (Fsp3) is 0.667. The number of benzene rings is 1. The molecule has 21 heavy (non-hydrogen) atoms. The van der Waals surface area contributed by atoms with Crippen molar-refractivity contribution >= 4 is 5.69 Å². The quantitative estimate of drug-likeness (QED) is 0.859. The third-order valence-electron chi connectivity index (χ3n) is 4.96. The molecule has 1 atom stereocenters. The highest BCUT2D eigenvalue weighted by Crippen LogP contribution is 2.41. The van der Waals surface area contributed by atoms with E-state index < -0.39 is 0 Å². The topological polar surface area (TPSA) is 32.3 Å². The van der Waals surface area contributed by atoms with E-state index in [4.69, 9.17) is 0 Å². The maximum atomic E-state index is 12.9. The maximum absolute atomic E-state index is 12.9. The minimum Gasteiger partial charge on any atom is -0.394 e. The lowest BCUT2D eigenvalue weighted by atomic mass is 9.68. The van der Waals surface area contributed by atoms with Crippen molar-refractivity contribution in [3.8, 4) is 0 Å². The summed E-state index contributed by atoms with van der Waals surface area (Å²) in [6.07, 6.45) is 4.77. The van der Waals surface area contributed by atoms with Crippen molar-refractivity contribution in [3.63, 3.8) is 0 Å². The Bertz CT molecular complexity index is 430. The summed E-state index contributed by atoms with van der Waals surface area (Å²) >= 11 is 0. The maximum Gasteiger partial charge on any atom is 0.123 e. The summed E-state index contributed by atoms with van der Waals surface area (Å²) in [7, 11) is 0. The van der Waals surface area contributed by atoms with Crippen molar-refractivity contribution in [2.24, 2.45) is 17.3 Å². The minimum absolute atomic E-state index is 0.0661. The number of hydrogen-bond acceptors (Lipinski definition) is 2. The molecule has 1 fully saturated rings. The first-order valence-electron chi connectivity index (χ1n) is 8.03. The molecule has 1 aliphatic rings. The Kier molecular flexibility index (Phi) is 5.26. The molecule has 3 heteroatoms. The second-order valence-corrected chi connectivity index (χ2v) is 7.42. The lowest BCUT2D eigenvalue weighted by Crippen LogP contribution is -2.37. The van der Waals surface area contributed by atoms with Crippen LogP contribution >= 0.6 is 0 Å². The number of halogens is 1. The van der Waals surface area contributed by atoms with Gasteiger partial charge in [-0.25, -0.2) is 4.39 Å². The summed E-state index contributed by atoms with van der Waals surface area (Å²) in [5.41, 5.74) is 1.26. The normalized spacial score (nSPS) is 24.6. The highest BCUT2D eigenvalue weighted by atomic mass is 19.1. The molecule has 0 spiro atoms. The number of anilines is 1. The zero-order valence-corrected chi connectivity index (χ0v) is 13.4. The minimum atomic E-state index is -0.230. The van der Waals surface area contributed by atoms with Gasteiger partial charge in [0.15, 0.2) is 0 Å². The second kappa shape index (κ2) is 6.78. The molecule has 1 aromatic rings. The van der Waals surface area contributed by atoms with E-state index in [-0.39, 0.29) is 18.5 Å². The van der Waals surface area contributed by atoms with Crippen LogP contribution in [0.1, 0.15) is 46.5 Å². The monoisotopic (exact) mass is 293 g/mol. The standard InChI is InChI=1S/C18H28FNO/c1-18(2,3)14-6-4-13(5-7-14)17(12-21)20-16-10-8-15(19)9-11-16/h8-11,13-14,17,20-21H,4-7,12H2,1-3H3. The summed E-state index contributed by atoms with van der Waals surface area (Å²) in [5, 5.41) is 13.0. The molecule has 0 aliphatic heterocycles. The Morgan fingerprint density at radius 3 is 2.19 bits per heavy atom. The average molecular weight is 293 g/mol. The molecule has 0 aromatic heterocycles. The van der Waals surface area contributed by atoms with Gasteiger partial charge in [-0.3, -0.25) is 0 Å². The van der Waals surface area contributed by atoms with E-state index in [1.165, 1.54) is 25.0 Å². The Hall–Kier alpha value is -1.09. The van der Waals surface area contributed by atoms with Gasteiger partial charge in [0.25, 0.3) is 0 Å². The molecule has 0 saturated heterocycles. The van der Waals surface area contributed by atoms with Crippen molar-refractivity contribution in [3.05, 3.63) is 30.1 Å². The van der Waals surface area contributed by atoms with Crippen LogP contribution in [0.2, 0.25) is 0 Å². The predicted molar refractivity (Wildman–Crippen MR) is 85.8 cm³/mol. The molecule has 2 N–H and O–H groups in total. The van der Waals surface area contributed by atoms with Gasteiger partial charge < -0.3 is 10.4 Å². The number of nitrogens with one attached hydrogen (secondary N) is 1. The fourth-order valence-electron chi connectivity index (χ4n) is 3.46. The van der Waals surface area contributed by atoms with Crippen LogP contribution in [-0.2, 0) is 0 Å². The van der Waals surface area contributed by atoms with E-state index in [0.29, 0.717) is 11.3 Å². The Labute approximate surface area is 127 Å². The van der Waals surface area contributed by atoms with Crippen LogP contribution in [0.3, 0.4) is 0 Å². The van der Waals surface area contributed by atoms with E-state index in [2.05, 4.69) is 26.1 Å². The van der Waals surface area contributed by atoms with Gasteiger partial charge in [-0.2, -0.15) is 0 Å². The van der Waals surface area contributed by atoms with Crippen molar-refractivity contribution < 1.29 is 9.50 Å². The Morgan fingerprint density at radius 2 is 1.71 bits per heavy atom. The molecule has 1 aromatic carbocycles. The summed E-state index contributed by atoms with van der Waals surface area (Å²) in [5.74, 6) is 1.05. The van der Waals surface area contributed by atoms with Crippen LogP contribution < -0.4 is 5.32 Å². The van der Waals surface area contributed by atoms with Gasteiger partial charge in [0.1, 0.15) is 5.82 Å². The van der Waals surface area contributed by atoms with E-state index in [1.54, 1.807) is 12.1 Å². The van der Waals surface area contributed by atoms with E-state index >= 15 is 0 Å². The molecule has 1 unspecified atom stereocenters. The van der Waals surface area contributed by atoms with E-state index in [0.717, 1.165) is 24.4 Å². The molecular formula is C18H28FNO. The van der Waals surface area contributed by atoms with Gasteiger partial charge in [-0.1, -0.05) is 20.8 Å². The van der Waals surface area contributed by atoms with Crippen LogP contribution in [0.4, 0.5) is 10.1 Å². The zero-order valence-electron chi connectivity index (χ0n) is 13.4. The zero-order chi connectivity index (χ0) is 15.5. The van der Waals surface area contributed by atoms with Gasteiger partial charge in [-0.15, -0.1) is 0 Å². The van der Waals surface area contributed by atoms with Gasteiger partial charge in [0.2, 0.25) is 0 Å². The van der Waals surface area contributed by atoms with Crippen molar-refractivity contribution in [2.75, 3.05) is 11.9 Å². The third kappa shape index (κ3) is 4.44. The first-order chi connectivity index (χ1) is 9.90. The lowest BCUT2D eigenvalue weighted by Gasteiger charge is -2.39. The predicted octanol–water partition coefficient (Wildman–Crippen LogP) is 4.45. The number of aliphatic hydroxyl groups is 1. The van der Waals surface area contributed by atoms with Crippen LogP contribution in [0, 0.1) is 23.1 Å². The van der Waals surface area contributed by atoms with E-state index in [9.17, 15) is 9.50 Å². The molecule has 0 bridgehead atoms. The largest absolute Gasteiger partial charge is 0.394 e. The van der Waals surface area contributed by atoms with E-state index in [1.807, 2.05) is 0 Å². The van der Waals surface area contributed by atoms with Gasteiger partial charge in [0.05, 0.1) is 12.6 Å². The van der Waals surface area contributed by atoms with Crippen molar-refractivity contribution in [1.29, 1.82) is 0 Å². The van der Waals surface area contributed by atoms with Gasteiger partial charge in [0, 0.05) is 5.69 Å². The van der Waals surface area contributed by atoms with Gasteiger partial charge >= 0.3 is 0 Å². The Balaban J connectivity index is 1.92. The van der Waals surface area contributed by atoms with Crippen LogP contribution in [0.25, 0.3) is 0 Å². The first-order valence-corrected chi connectivity index (χ1v) is 8.03. The molecule has 2 rings (SSSR count).